The summed E-state index contributed by atoms with van der Waals surface area (Å²) in [5.41, 5.74) is 2.44. The van der Waals surface area contributed by atoms with E-state index >= 15 is 0 Å². The number of para-hydroxylation sites is 1. The van der Waals surface area contributed by atoms with Gasteiger partial charge in [-0.2, -0.15) is 0 Å². The Morgan fingerprint density at radius 3 is 2.12 bits per heavy atom. The van der Waals surface area contributed by atoms with E-state index in [2.05, 4.69) is 46.2 Å². The van der Waals surface area contributed by atoms with Crippen LogP contribution in [0.15, 0.2) is 60.7 Å². The van der Waals surface area contributed by atoms with Gasteiger partial charge in [0.05, 0.1) is 6.54 Å². The first-order valence-electron chi connectivity index (χ1n) is 8.52. The molecule has 24 heavy (non-hydrogen) atoms. The highest BCUT2D eigenvalue weighted by Crippen LogP contribution is 2.15. The lowest BCUT2D eigenvalue weighted by Gasteiger charge is -2.36. The number of benzene rings is 2. The van der Waals surface area contributed by atoms with Crippen LogP contribution in [-0.4, -0.2) is 55.5 Å². The maximum absolute atomic E-state index is 12.4. The number of nitrogens with zero attached hydrogens (tertiary/aromatic N) is 3. The summed E-state index contributed by atoms with van der Waals surface area (Å²) in [4.78, 5) is 18.9. The molecule has 2 aromatic rings. The number of carbonyl (C=O) groups excluding carboxylic acids is 1. The zero-order chi connectivity index (χ0) is 16.8. The van der Waals surface area contributed by atoms with Gasteiger partial charge in [-0.05, 0) is 17.7 Å². The van der Waals surface area contributed by atoms with Crippen LogP contribution in [0.1, 0.15) is 5.56 Å². The van der Waals surface area contributed by atoms with E-state index < -0.39 is 0 Å². The topological polar surface area (TPSA) is 26.8 Å². The van der Waals surface area contributed by atoms with Crippen molar-refractivity contribution in [3.8, 4) is 0 Å². The Kier molecular flexibility index (Phi) is 5.49. The molecule has 0 aliphatic carbocycles. The van der Waals surface area contributed by atoms with Crippen LogP contribution in [0.4, 0.5) is 5.69 Å². The summed E-state index contributed by atoms with van der Waals surface area (Å²) >= 11 is 0. The summed E-state index contributed by atoms with van der Waals surface area (Å²) in [6.45, 7) is 4.98. The van der Waals surface area contributed by atoms with Crippen LogP contribution in [0.3, 0.4) is 0 Å². The van der Waals surface area contributed by atoms with Gasteiger partial charge in [0.25, 0.3) is 0 Å². The van der Waals surface area contributed by atoms with Crippen LogP contribution in [0.5, 0.6) is 0 Å². The zero-order valence-electron chi connectivity index (χ0n) is 14.3. The number of rotatable bonds is 5. The van der Waals surface area contributed by atoms with Gasteiger partial charge >= 0.3 is 0 Å². The number of anilines is 1. The third-order valence-electron chi connectivity index (χ3n) is 4.54. The van der Waals surface area contributed by atoms with Crippen LogP contribution >= 0.6 is 0 Å². The summed E-state index contributed by atoms with van der Waals surface area (Å²) in [5.74, 6) is 0.187. The molecule has 0 N–H and O–H groups in total. The minimum absolute atomic E-state index is 0.187. The van der Waals surface area contributed by atoms with Gasteiger partial charge < -0.3 is 9.80 Å². The van der Waals surface area contributed by atoms with Gasteiger partial charge in [0.1, 0.15) is 0 Å². The highest BCUT2D eigenvalue weighted by molar-refractivity contribution is 5.78. The second-order valence-electron chi connectivity index (χ2n) is 6.33. The van der Waals surface area contributed by atoms with Crippen molar-refractivity contribution in [2.45, 2.75) is 6.54 Å². The number of hydrogen-bond acceptors (Lipinski definition) is 3. The number of carbonyl (C=O) groups is 1. The van der Waals surface area contributed by atoms with Crippen molar-refractivity contribution in [1.29, 1.82) is 0 Å². The zero-order valence-corrected chi connectivity index (χ0v) is 14.3. The Morgan fingerprint density at radius 1 is 0.917 bits per heavy atom. The molecule has 2 aromatic carbocycles. The number of hydrogen-bond donors (Lipinski definition) is 0. The molecule has 1 heterocycles. The number of piperazine rings is 1. The molecule has 0 atom stereocenters. The smallest absolute Gasteiger partial charge is 0.236 e. The van der Waals surface area contributed by atoms with Crippen LogP contribution in [-0.2, 0) is 11.3 Å². The van der Waals surface area contributed by atoms with Gasteiger partial charge in [0, 0.05) is 45.5 Å². The quantitative estimate of drug-likeness (QED) is 0.846. The molecule has 0 aromatic heterocycles. The third kappa shape index (κ3) is 4.36. The summed E-state index contributed by atoms with van der Waals surface area (Å²) in [6, 6.07) is 20.6. The van der Waals surface area contributed by atoms with E-state index in [1.165, 1.54) is 11.3 Å². The van der Waals surface area contributed by atoms with Crippen molar-refractivity contribution in [3.05, 3.63) is 66.2 Å². The molecular weight excluding hydrogens is 298 g/mol. The van der Waals surface area contributed by atoms with Gasteiger partial charge in [-0.25, -0.2) is 0 Å². The molecule has 1 fully saturated rings. The monoisotopic (exact) mass is 323 g/mol. The van der Waals surface area contributed by atoms with Crippen LogP contribution < -0.4 is 4.90 Å². The molecule has 0 unspecified atom stereocenters. The average Bonchev–Trinajstić information content (AvgIpc) is 2.64. The van der Waals surface area contributed by atoms with Crippen molar-refractivity contribution in [2.24, 2.45) is 0 Å². The van der Waals surface area contributed by atoms with Crippen LogP contribution in [0, 0.1) is 0 Å². The standard InChI is InChI=1S/C20H25N3O/c1-21(16-18-8-4-2-5-9-18)20(24)17-22-12-14-23(15-13-22)19-10-6-3-7-11-19/h2-11H,12-17H2,1H3. The van der Waals surface area contributed by atoms with Crippen LogP contribution in [0.25, 0.3) is 0 Å². The van der Waals surface area contributed by atoms with Gasteiger partial charge in [0.2, 0.25) is 5.91 Å². The second-order valence-corrected chi connectivity index (χ2v) is 6.33. The lowest BCUT2D eigenvalue weighted by atomic mass is 10.2. The summed E-state index contributed by atoms with van der Waals surface area (Å²) in [7, 11) is 1.88. The van der Waals surface area contributed by atoms with Gasteiger partial charge in [-0.15, -0.1) is 0 Å². The molecule has 4 heteroatoms. The van der Waals surface area contributed by atoms with E-state index in [0.717, 1.165) is 26.2 Å². The molecule has 0 radical (unpaired) electrons. The van der Waals surface area contributed by atoms with Crippen molar-refractivity contribution >= 4 is 11.6 Å². The Hall–Kier alpha value is -2.33. The summed E-state index contributed by atoms with van der Waals surface area (Å²) in [6.07, 6.45) is 0. The Labute approximate surface area is 144 Å². The number of likely N-dealkylation sites (N-methyl/N-ethyl adjacent to an activating group) is 1. The predicted molar refractivity (Wildman–Crippen MR) is 98.0 cm³/mol. The maximum atomic E-state index is 12.4. The lowest BCUT2D eigenvalue weighted by molar-refractivity contribution is -0.131. The first-order valence-corrected chi connectivity index (χ1v) is 8.52. The fourth-order valence-electron chi connectivity index (χ4n) is 3.06. The van der Waals surface area contributed by atoms with E-state index in [-0.39, 0.29) is 5.91 Å². The third-order valence-corrected chi connectivity index (χ3v) is 4.54. The fourth-order valence-corrected chi connectivity index (χ4v) is 3.06. The molecule has 3 rings (SSSR count). The predicted octanol–water partition coefficient (Wildman–Crippen LogP) is 2.47. The first-order chi connectivity index (χ1) is 11.7. The summed E-state index contributed by atoms with van der Waals surface area (Å²) < 4.78 is 0. The highest BCUT2D eigenvalue weighted by Gasteiger charge is 2.20. The van der Waals surface area contributed by atoms with Gasteiger partial charge in [-0.1, -0.05) is 48.5 Å². The molecule has 1 saturated heterocycles. The van der Waals surface area contributed by atoms with E-state index in [9.17, 15) is 4.79 Å². The molecule has 1 amide bonds. The first kappa shape index (κ1) is 16.5. The summed E-state index contributed by atoms with van der Waals surface area (Å²) in [5, 5.41) is 0. The molecule has 0 spiro atoms. The molecule has 126 valence electrons. The van der Waals surface area contributed by atoms with Crippen molar-refractivity contribution in [3.63, 3.8) is 0 Å². The molecule has 0 bridgehead atoms. The molecule has 4 nitrogen and oxygen atoms in total. The largest absolute Gasteiger partial charge is 0.369 e. The van der Waals surface area contributed by atoms with Gasteiger partial charge in [0.15, 0.2) is 0 Å². The number of amides is 1. The minimum atomic E-state index is 0.187. The molecule has 1 aliphatic heterocycles. The molecular formula is C20H25N3O. The highest BCUT2D eigenvalue weighted by atomic mass is 16.2. The minimum Gasteiger partial charge on any atom is -0.369 e. The van der Waals surface area contributed by atoms with Crippen LogP contribution in [0.2, 0.25) is 0 Å². The Morgan fingerprint density at radius 2 is 1.50 bits per heavy atom. The lowest BCUT2D eigenvalue weighted by Crippen LogP contribution is -2.49. The van der Waals surface area contributed by atoms with Crippen molar-refractivity contribution < 1.29 is 4.79 Å². The SMILES string of the molecule is CN(Cc1ccccc1)C(=O)CN1CCN(c2ccccc2)CC1. The molecule has 1 aliphatic rings. The Bertz CT molecular complexity index is 636. The average molecular weight is 323 g/mol. The Balaban J connectivity index is 1.46. The molecule has 0 saturated carbocycles. The van der Waals surface area contributed by atoms with Gasteiger partial charge in [-0.3, -0.25) is 9.69 Å². The van der Waals surface area contributed by atoms with E-state index in [4.69, 9.17) is 0 Å². The second kappa shape index (κ2) is 7.97. The van der Waals surface area contributed by atoms with E-state index in [1.807, 2.05) is 36.2 Å². The van der Waals surface area contributed by atoms with Crippen molar-refractivity contribution in [2.75, 3.05) is 44.7 Å². The fraction of sp³-hybridized carbons (Fsp3) is 0.350. The van der Waals surface area contributed by atoms with E-state index in [1.54, 1.807) is 0 Å². The normalized spacial score (nSPS) is 15.3. The van der Waals surface area contributed by atoms with Crippen molar-refractivity contribution in [1.82, 2.24) is 9.80 Å². The van der Waals surface area contributed by atoms with E-state index in [0.29, 0.717) is 13.1 Å². The maximum Gasteiger partial charge on any atom is 0.236 e.